The lowest BCUT2D eigenvalue weighted by Gasteiger charge is -2.13. The zero-order chi connectivity index (χ0) is 23.2. The average molecular weight is 453 g/mol. The molecule has 2 aromatic heterocycles. The number of thiazole rings is 1. The van der Waals surface area contributed by atoms with Crippen molar-refractivity contribution >= 4 is 28.9 Å². The minimum absolute atomic E-state index is 0.113. The molecule has 2 heterocycles. The Labute approximate surface area is 194 Å². The Morgan fingerprint density at radius 1 is 1.06 bits per heavy atom. The third-order valence-electron chi connectivity index (χ3n) is 5.04. The maximum absolute atomic E-state index is 13.4. The van der Waals surface area contributed by atoms with Crippen molar-refractivity contribution in [1.29, 1.82) is 5.26 Å². The van der Waals surface area contributed by atoms with Gasteiger partial charge in [-0.25, -0.2) is 0 Å². The first-order valence-electron chi connectivity index (χ1n) is 10.3. The van der Waals surface area contributed by atoms with Crippen LogP contribution in [0.3, 0.4) is 0 Å². The summed E-state index contributed by atoms with van der Waals surface area (Å²) in [5.74, 6) is -0.532. The molecule has 6 nitrogen and oxygen atoms in total. The van der Waals surface area contributed by atoms with E-state index in [4.69, 9.17) is 0 Å². The fraction of sp³-hybridized carbons (Fsp3) is 0.0769. The highest BCUT2D eigenvalue weighted by Gasteiger charge is 2.19. The molecule has 1 atom stereocenters. The lowest BCUT2D eigenvalue weighted by Crippen LogP contribution is -2.34. The van der Waals surface area contributed by atoms with E-state index < -0.39 is 5.91 Å². The van der Waals surface area contributed by atoms with Crippen molar-refractivity contribution < 1.29 is 4.79 Å². The second kappa shape index (κ2) is 9.90. The summed E-state index contributed by atoms with van der Waals surface area (Å²) >= 11 is 1.11. The number of aromatic nitrogens is 2. The Bertz CT molecular complexity index is 1490. The van der Waals surface area contributed by atoms with E-state index in [0.29, 0.717) is 10.2 Å². The van der Waals surface area contributed by atoms with Gasteiger partial charge >= 0.3 is 0 Å². The Morgan fingerprint density at radius 3 is 2.33 bits per heavy atom. The molecule has 0 saturated heterocycles. The predicted octanol–water partition coefficient (Wildman–Crippen LogP) is 2.67. The van der Waals surface area contributed by atoms with Gasteiger partial charge in [-0.3, -0.25) is 19.1 Å². The first-order valence-corrected chi connectivity index (χ1v) is 11.1. The third kappa shape index (κ3) is 4.81. The first-order chi connectivity index (χ1) is 16.1. The van der Waals surface area contributed by atoms with Crippen molar-refractivity contribution in [2.24, 2.45) is 0 Å². The molecule has 162 valence electrons. The molecule has 0 fully saturated rings. The number of rotatable bonds is 5. The number of carbonyl (C=O) groups is 1. The first kappa shape index (κ1) is 21.9. The Balaban J connectivity index is 1.89. The van der Waals surface area contributed by atoms with E-state index in [-0.39, 0.29) is 21.8 Å². The monoisotopic (exact) mass is 452 g/mol. The van der Waals surface area contributed by atoms with E-state index in [1.165, 1.54) is 4.57 Å². The van der Waals surface area contributed by atoms with Crippen molar-refractivity contribution in [3.05, 3.63) is 116 Å². The molecule has 1 unspecified atom stereocenters. The predicted molar refractivity (Wildman–Crippen MR) is 129 cm³/mol. The zero-order valence-electron chi connectivity index (χ0n) is 17.8. The van der Waals surface area contributed by atoms with E-state index in [2.05, 4.69) is 10.3 Å². The van der Waals surface area contributed by atoms with E-state index in [1.54, 1.807) is 54.9 Å². The van der Waals surface area contributed by atoms with Crippen LogP contribution in [0.15, 0.2) is 90.0 Å². The SMILES string of the molecule is CC(NC(=O)/C(C#N)=c1\s/c(=C/c2ccncc2)c(=O)n1-c1ccccc1)c1ccccc1. The summed E-state index contributed by atoms with van der Waals surface area (Å²) in [6, 6.07) is 23.8. The second-order valence-corrected chi connectivity index (χ2v) is 8.30. The van der Waals surface area contributed by atoms with Crippen LogP contribution in [0.1, 0.15) is 24.1 Å². The number of amides is 1. The quantitative estimate of drug-likeness (QED) is 0.504. The molecule has 4 aromatic rings. The van der Waals surface area contributed by atoms with E-state index in [9.17, 15) is 14.9 Å². The second-order valence-electron chi connectivity index (χ2n) is 7.27. The molecule has 0 spiro atoms. The van der Waals surface area contributed by atoms with Gasteiger partial charge in [0.2, 0.25) is 0 Å². The van der Waals surface area contributed by atoms with Gasteiger partial charge in [-0.15, -0.1) is 11.3 Å². The van der Waals surface area contributed by atoms with E-state index in [1.807, 2.05) is 49.4 Å². The summed E-state index contributed by atoms with van der Waals surface area (Å²) in [4.78, 5) is 30.5. The molecule has 0 bridgehead atoms. The van der Waals surface area contributed by atoms with Crippen LogP contribution in [-0.2, 0) is 4.79 Å². The fourth-order valence-electron chi connectivity index (χ4n) is 3.36. The number of carbonyl (C=O) groups excluding carboxylic acids is 1. The van der Waals surface area contributed by atoms with Gasteiger partial charge in [0, 0.05) is 12.4 Å². The molecule has 7 heteroatoms. The number of hydrogen-bond donors (Lipinski definition) is 1. The van der Waals surface area contributed by atoms with Crippen LogP contribution in [0.2, 0.25) is 0 Å². The lowest BCUT2D eigenvalue weighted by atomic mass is 10.1. The van der Waals surface area contributed by atoms with E-state index in [0.717, 1.165) is 22.5 Å². The lowest BCUT2D eigenvalue weighted by molar-refractivity contribution is -0.116. The molecule has 33 heavy (non-hydrogen) atoms. The molecule has 2 aromatic carbocycles. The van der Waals surface area contributed by atoms with Crippen molar-refractivity contribution in [3.63, 3.8) is 0 Å². The zero-order valence-corrected chi connectivity index (χ0v) is 18.6. The number of hydrogen-bond acceptors (Lipinski definition) is 5. The Kier molecular flexibility index (Phi) is 6.58. The molecule has 1 N–H and O–H groups in total. The number of nitrogens with one attached hydrogen (secondary N) is 1. The van der Waals surface area contributed by atoms with Gasteiger partial charge in [0.1, 0.15) is 10.7 Å². The molecular weight excluding hydrogens is 432 g/mol. The summed E-state index contributed by atoms with van der Waals surface area (Å²) in [6.45, 7) is 1.85. The maximum atomic E-state index is 13.4. The van der Waals surface area contributed by atoms with Crippen LogP contribution < -0.4 is 20.1 Å². The van der Waals surface area contributed by atoms with Gasteiger partial charge in [0.05, 0.1) is 16.3 Å². The number of benzene rings is 2. The summed E-state index contributed by atoms with van der Waals surface area (Å²) in [5.41, 5.74) is 1.89. The van der Waals surface area contributed by atoms with Gasteiger partial charge in [0.25, 0.3) is 11.5 Å². The van der Waals surface area contributed by atoms with Crippen LogP contribution in [0.4, 0.5) is 0 Å². The topological polar surface area (TPSA) is 87.8 Å². The average Bonchev–Trinajstić information content (AvgIpc) is 3.16. The molecule has 4 rings (SSSR count). The molecule has 0 saturated carbocycles. The normalized spacial score (nSPS) is 13.2. The summed E-state index contributed by atoms with van der Waals surface area (Å²) in [6.07, 6.45) is 5.01. The van der Waals surface area contributed by atoms with Gasteiger partial charge < -0.3 is 5.32 Å². The summed E-state index contributed by atoms with van der Waals surface area (Å²) in [7, 11) is 0. The van der Waals surface area contributed by atoms with Crippen LogP contribution in [-0.4, -0.2) is 15.5 Å². The van der Waals surface area contributed by atoms with E-state index >= 15 is 0 Å². The Hall–Kier alpha value is -4.28. The van der Waals surface area contributed by atoms with Crippen LogP contribution in [0, 0.1) is 11.3 Å². The molecule has 0 radical (unpaired) electrons. The smallest absolute Gasteiger partial charge is 0.273 e. The minimum Gasteiger partial charge on any atom is -0.345 e. The minimum atomic E-state index is -0.532. The highest BCUT2D eigenvalue weighted by molar-refractivity contribution is 7.07. The maximum Gasteiger partial charge on any atom is 0.273 e. The van der Waals surface area contributed by atoms with Gasteiger partial charge in [-0.05, 0) is 48.4 Å². The van der Waals surface area contributed by atoms with Gasteiger partial charge in [0.15, 0.2) is 5.57 Å². The number of nitriles is 1. The van der Waals surface area contributed by atoms with Crippen molar-refractivity contribution in [2.75, 3.05) is 0 Å². The van der Waals surface area contributed by atoms with Crippen LogP contribution >= 0.6 is 11.3 Å². The number of para-hydroxylation sites is 1. The van der Waals surface area contributed by atoms with Crippen molar-refractivity contribution in [2.45, 2.75) is 13.0 Å². The van der Waals surface area contributed by atoms with Gasteiger partial charge in [-0.1, -0.05) is 48.5 Å². The molecule has 0 aliphatic heterocycles. The molecule has 0 aliphatic rings. The largest absolute Gasteiger partial charge is 0.345 e. The standard InChI is InChI=1S/C26H20N4O2S/c1-18(20-8-4-2-5-9-20)29-24(31)22(17-27)26-30(21-10-6-3-7-11-21)25(32)23(33-26)16-19-12-14-28-15-13-19/h2-16,18H,1H3,(H,29,31)/b23-16+,26-22-. The molecular formula is C26H20N4O2S. The van der Waals surface area contributed by atoms with Crippen LogP contribution in [0.25, 0.3) is 17.3 Å². The fourth-order valence-corrected chi connectivity index (χ4v) is 4.46. The Morgan fingerprint density at radius 2 is 1.70 bits per heavy atom. The van der Waals surface area contributed by atoms with Crippen LogP contribution in [0.5, 0.6) is 0 Å². The summed E-state index contributed by atoms with van der Waals surface area (Å²) < 4.78 is 2.12. The number of pyridine rings is 1. The molecule has 1 amide bonds. The van der Waals surface area contributed by atoms with Crippen molar-refractivity contribution in [3.8, 4) is 11.8 Å². The summed E-state index contributed by atoms with van der Waals surface area (Å²) in [5, 5.41) is 12.8. The molecule has 0 aliphatic carbocycles. The highest BCUT2D eigenvalue weighted by atomic mass is 32.1. The van der Waals surface area contributed by atoms with Gasteiger partial charge in [-0.2, -0.15) is 5.26 Å². The van der Waals surface area contributed by atoms with Crippen molar-refractivity contribution in [1.82, 2.24) is 14.9 Å². The number of nitrogens with zero attached hydrogens (tertiary/aromatic N) is 3. The third-order valence-corrected chi connectivity index (χ3v) is 6.13. The highest BCUT2D eigenvalue weighted by Crippen LogP contribution is 2.12.